The van der Waals surface area contributed by atoms with Gasteiger partial charge in [-0.3, -0.25) is 0 Å². The highest BCUT2D eigenvalue weighted by atomic mass is 19.1. The Morgan fingerprint density at radius 2 is 2.27 bits per heavy atom. The first-order valence-electron chi connectivity index (χ1n) is 5.42. The van der Waals surface area contributed by atoms with Crippen molar-refractivity contribution < 1.29 is 4.39 Å². The quantitative estimate of drug-likeness (QED) is 0.797. The maximum Gasteiger partial charge on any atom is 0.126 e. The van der Waals surface area contributed by atoms with Gasteiger partial charge in [0.05, 0.1) is 0 Å². The summed E-state index contributed by atoms with van der Waals surface area (Å²) in [6.07, 6.45) is 6.60. The lowest BCUT2D eigenvalue weighted by atomic mass is 10.1. The molecule has 0 saturated heterocycles. The van der Waals surface area contributed by atoms with E-state index in [0.717, 1.165) is 18.2 Å². The van der Waals surface area contributed by atoms with E-state index in [-0.39, 0.29) is 5.82 Å². The van der Waals surface area contributed by atoms with Crippen molar-refractivity contribution in [1.29, 1.82) is 0 Å². The van der Waals surface area contributed by atoms with Crippen LogP contribution in [0.4, 0.5) is 4.39 Å². The molecule has 0 unspecified atom stereocenters. The predicted molar refractivity (Wildman–Crippen MR) is 61.2 cm³/mol. The van der Waals surface area contributed by atoms with Crippen LogP contribution in [0, 0.1) is 12.7 Å². The largest absolute Gasteiger partial charge is 0.311 e. The number of halogens is 1. The highest BCUT2D eigenvalue weighted by molar-refractivity contribution is 5.50. The van der Waals surface area contributed by atoms with Gasteiger partial charge in [0.1, 0.15) is 5.82 Å². The summed E-state index contributed by atoms with van der Waals surface area (Å²) in [6.45, 7) is 2.65. The van der Waals surface area contributed by atoms with Crippen LogP contribution in [0.1, 0.15) is 24.0 Å². The molecule has 1 aromatic rings. The van der Waals surface area contributed by atoms with Crippen molar-refractivity contribution >= 4 is 6.08 Å². The van der Waals surface area contributed by atoms with Crippen molar-refractivity contribution in [1.82, 2.24) is 5.32 Å². The maximum atomic E-state index is 13.2. The summed E-state index contributed by atoms with van der Waals surface area (Å²) >= 11 is 0. The lowest BCUT2D eigenvalue weighted by Crippen LogP contribution is -2.15. The molecular formula is C13H16FN. The molecule has 0 heterocycles. The summed E-state index contributed by atoms with van der Waals surface area (Å²) in [5, 5.41) is 3.37. The Balaban J connectivity index is 1.88. The van der Waals surface area contributed by atoms with E-state index >= 15 is 0 Å². The third kappa shape index (κ3) is 3.17. The second-order valence-corrected chi connectivity index (χ2v) is 4.09. The van der Waals surface area contributed by atoms with Crippen molar-refractivity contribution in [3.8, 4) is 0 Å². The topological polar surface area (TPSA) is 12.0 Å². The van der Waals surface area contributed by atoms with E-state index in [0.29, 0.717) is 5.56 Å². The minimum Gasteiger partial charge on any atom is -0.311 e. The molecule has 1 saturated carbocycles. The van der Waals surface area contributed by atoms with Gasteiger partial charge in [0.25, 0.3) is 0 Å². The summed E-state index contributed by atoms with van der Waals surface area (Å²) < 4.78 is 13.2. The standard InChI is InChI=1S/C13H16FN/c1-10-4-5-11(9-13(10)14)3-2-8-15-12-6-7-12/h2-5,9,12,15H,6-8H2,1H3. The molecule has 1 fully saturated rings. The lowest BCUT2D eigenvalue weighted by Gasteiger charge is -1.98. The Bertz CT molecular complexity index is 367. The van der Waals surface area contributed by atoms with Crippen LogP contribution in [-0.2, 0) is 0 Å². The molecule has 1 N–H and O–H groups in total. The van der Waals surface area contributed by atoms with Gasteiger partial charge in [-0.1, -0.05) is 24.3 Å². The van der Waals surface area contributed by atoms with Crippen molar-refractivity contribution in [2.24, 2.45) is 0 Å². The first-order chi connectivity index (χ1) is 7.25. The van der Waals surface area contributed by atoms with Crippen LogP contribution < -0.4 is 5.32 Å². The lowest BCUT2D eigenvalue weighted by molar-refractivity contribution is 0.618. The monoisotopic (exact) mass is 205 g/mol. The normalized spacial score (nSPS) is 16.1. The fourth-order valence-corrected chi connectivity index (χ4v) is 1.43. The molecule has 0 bridgehead atoms. The second-order valence-electron chi connectivity index (χ2n) is 4.09. The molecule has 15 heavy (non-hydrogen) atoms. The number of aryl methyl sites for hydroxylation is 1. The number of benzene rings is 1. The Morgan fingerprint density at radius 3 is 2.93 bits per heavy atom. The molecule has 2 rings (SSSR count). The maximum absolute atomic E-state index is 13.2. The van der Waals surface area contributed by atoms with Crippen LogP contribution in [-0.4, -0.2) is 12.6 Å². The van der Waals surface area contributed by atoms with Crippen LogP contribution in [0.3, 0.4) is 0 Å². The molecule has 0 radical (unpaired) electrons. The second kappa shape index (κ2) is 4.58. The van der Waals surface area contributed by atoms with Gasteiger partial charge in [-0.25, -0.2) is 4.39 Å². The summed E-state index contributed by atoms with van der Waals surface area (Å²) in [7, 11) is 0. The van der Waals surface area contributed by atoms with E-state index in [1.54, 1.807) is 13.0 Å². The first kappa shape index (κ1) is 10.4. The first-order valence-corrected chi connectivity index (χ1v) is 5.42. The fourth-order valence-electron chi connectivity index (χ4n) is 1.43. The van der Waals surface area contributed by atoms with E-state index in [1.165, 1.54) is 12.8 Å². The summed E-state index contributed by atoms with van der Waals surface area (Å²) in [6, 6.07) is 6.04. The zero-order valence-corrected chi connectivity index (χ0v) is 8.96. The summed E-state index contributed by atoms with van der Waals surface area (Å²) in [5.41, 5.74) is 1.62. The molecule has 0 aromatic heterocycles. The van der Waals surface area contributed by atoms with E-state index in [2.05, 4.69) is 5.32 Å². The SMILES string of the molecule is Cc1ccc(C=CCNC2CC2)cc1F. The Kier molecular flexibility index (Phi) is 3.17. The zero-order chi connectivity index (χ0) is 10.7. The van der Waals surface area contributed by atoms with Crippen molar-refractivity contribution in [3.63, 3.8) is 0 Å². The molecule has 1 aromatic carbocycles. The Morgan fingerprint density at radius 1 is 1.47 bits per heavy atom. The van der Waals surface area contributed by atoms with Crippen molar-refractivity contribution in [2.45, 2.75) is 25.8 Å². The van der Waals surface area contributed by atoms with Gasteiger partial charge in [-0.2, -0.15) is 0 Å². The predicted octanol–water partition coefficient (Wildman–Crippen LogP) is 2.90. The molecule has 0 atom stereocenters. The fraction of sp³-hybridized carbons (Fsp3) is 0.385. The average Bonchev–Trinajstić information content (AvgIpc) is 3.02. The van der Waals surface area contributed by atoms with E-state index in [4.69, 9.17) is 0 Å². The molecule has 0 spiro atoms. The Hall–Kier alpha value is -1.15. The minimum absolute atomic E-state index is 0.132. The van der Waals surface area contributed by atoms with Gasteiger partial charge in [0.15, 0.2) is 0 Å². The van der Waals surface area contributed by atoms with Crippen LogP contribution in [0.5, 0.6) is 0 Å². The van der Waals surface area contributed by atoms with Crippen LogP contribution in [0.25, 0.3) is 6.08 Å². The Labute approximate surface area is 90.0 Å². The van der Waals surface area contributed by atoms with Crippen LogP contribution in [0.2, 0.25) is 0 Å². The summed E-state index contributed by atoms with van der Waals surface area (Å²) in [4.78, 5) is 0. The van der Waals surface area contributed by atoms with E-state index in [1.807, 2.05) is 24.3 Å². The molecule has 1 aliphatic rings. The minimum atomic E-state index is -0.132. The van der Waals surface area contributed by atoms with E-state index < -0.39 is 0 Å². The molecule has 2 heteroatoms. The van der Waals surface area contributed by atoms with Crippen LogP contribution in [0.15, 0.2) is 24.3 Å². The average molecular weight is 205 g/mol. The van der Waals surface area contributed by atoms with Crippen molar-refractivity contribution in [2.75, 3.05) is 6.54 Å². The third-order valence-electron chi connectivity index (χ3n) is 2.61. The van der Waals surface area contributed by atoms with Gasteiger partial charge < -0.3 is 5.32 Å². The number of nitrogens with one attached hydrogen (secondary N) is 1. The molecule has 0 aliphatic heterocycles. The smallest absolute Gasteiger partial charge is 0.126 e. The van der Waals surface area contributed by atoms with E-state index in [9.17, 15) is 4.39 Å². The highest BCUT2D eigenvalue weighted by Gasteiger charge is 2.18. The molecule has 1 aliphatic carbocycles. The van der Waals surface area contributed by atoms with Crippen molar-refractivity contribution in [3.05, 3.63) is 41.2 Å². The number of hydrogen-bond acceptors (Lipinski definition) is 1. The highest BCUT2D eigenvalue weighted by Crippen LogP contribution is 2.18. The summed E-state index contributed by atoms with van der Waals surface area (Å²) in [5.74, 6) is -0.132. The molecule has 0 amide bonds. The van der Waals surface area contributed by atoms with Gasteiger partial charge in [0.2, 0.25) is 0 Å². The molecule has 1 nitrogen and oxygen atoms in total. The number of hydrogen-bond donors (Lipinski definition) is 1. The third-order valence-corrected chi connectivity index (χ3v) is 2.61. The van der Waals surface area contributed by atoms with Gasteiger partial charge in [0, 0.05) is 12.6 Å². The molecular weight excluding hydrogens is 189 g/mol. The van der Waals surface area contributed by atoms with Gasteiger partial charge in [-0.15, -0.1) is 0 Å². The van der Waals surface area contributed by atoms with Gasteiger partial charge in [-0.05, 0) is 37.0 Å². The van der Waals surface area contributed by atoms with Gasteiger partial charge >= 0.3 is 0 Å². The number of rotatable bonds is 4. The molecule has 80 valence electrons. The van der Waals surface area contributed by atoms with Crippen LogP contribution >= 0.6 is 0 Å². The zero-order valence-electron chi connectivity index (χ0n) is 8.96.